The van der Waals surface area contributed by atoms with Crippen molar-refractivity contribution >= 4 is 17.7 Å². The van der Waals surface area contributed by atoms with Gasteiger partial charge in [0.05, 0.1) is 6.42 Å². The van der Waals surface area contributed by atoms with E-state index in [4.69, 9.17) is 11.5 Å². The number of nitrogens with one attached hydrogen (secondary N) is 1. The number of rotatable bonds is 12. The summed E-state index contributed by atoms with van der Waals surface area (Å²) in [6.45, 7) is 2.17. The summed E-state index contributed by atoms with van der Waals surface area (Å²) in [5, 5.41) is 2.44. The molecule has 1 atom stereocenters. The van der Waals surface area contributed by atoms with Crippen LogP contribution in [-0.4, -0.2) is 23.8 Å². The van der Waals surface area contributed by atoms with Gasteiger partial charge in [0.15, 0.2) is 0 Å². The van der Waals surface area contributed by atoms with E-state index < -0.39 is 17.9 Å². The number of hydrogen-bond acceptors (Lipinski definition) is 3. The van der Waals surface area contributed by atoms with Crippen molar-refractivity contribution in [3.8, 4) is 0 Å². The van der Waals surface area contributed by atoms with Crippen LogP contribution in [0.3, 0.4) is 0 Å². The molecule has 0 aliphatic carbocycles. The summed E-state index contributed by atoms with van der Waals surface area (Å²) in [5.41, 5.74) is 10.1. The molecule has 0 rings (SSSR count). The Morgan fingerprint density at radius 1 is 0.950 bits per heavy atom. The summed E-state index contributed by atoms with van der Waals surface area (Å²) in [4.78, 5) is 33.4. The van der Waals surface area contributed by atoms with Gasteiger partial charge in [0, 0.05) is 6.42 Å². The van der Waals surface area contributed by atoms with Gasteiger partial charge in [-0.25, -0.2) is 0 Å². The normalized spacial score (nSPS) is 11.8. The zero-order valence-electron chi connectivity index (χ0n) is 12.3. The molecule has 0 bridgehead atoms. The van der Waals surface area contributed by atoms with E-state index in [0.29, 0.717) is 6.42 Å². The van der Waals surface area contributed by atoms with Crippen LogP contribution in [0.5, 0.6) is 0 Å². The fourth-order valence-electron chi connectivity index (χ4n) is 1.93. The Bertz CT molecular complexity index is 319. The first-order valence-corrected chi connectivity index (χ1v) is 7.34. The lowest BCUT2D eigenvalue weighted by molar-refractivity contribution is -0.129. The zero-order valence-corrected chi connectivity index (χ0v) is 12.3. The van der Waals surface area contributed by atoms with Crippen LogP contribution in [0.25, 0.3) is 0 Å². The van der Waals surface area contributed by atoms with Crippen LogP contribution in [0.1, 0.15) is 64.7 Å². The van der Waals surface area contributed by atoms with E-state index >= 15 is 0 Å². The molecule has 0 aromatic rings. The van der Waals surface area contributed by atoms with Gasteiger partial charge in [0.1, 0.15) is 6.04 Å². The third kappa shape index (κ3) is 10.3. The zero-order chi connectivity index (χ0) is 15.4. The van der Waals surface area contributed by atoms with Crippen molar-refractivity contribution in [1.82, 2.24) is 5.32 Å². The second-order valence-corrected chi connectivity index (χ2v) is 5.06. The molecule has 0 aliphatic heterocycles. The molecule has 0 spiro atoms. The van der Waals surface area contributed by atoms with Crippen molar-refractivity contribution < 1.29 is 14.4 Å². The highest BCUT2D eigenvalue weighted by molar-refractivity contribution is 5.90. The van der Waals surface area contributed by atoms with Gasteiger partial charge in [-0.1, -0.05) is 45.4 Å². The molecular formula is C14H27N3O3. The number of carbonyl (C=O) groups is 3. The van der Waals surface area contributed by atoms with Gasteiger partial charge < -0.3 is 16.8 Å². The van der Waals surface area contributed by atoms with Crippen molar-refractivity contribution in [2.45, 2.75) is 70.8 Å². The SMILES string of the molecule is CCCCCCCCCC(=O)N[C@@H](CC(N)=O)C(N)=O. The molecule has 0 aromatic heterocycles. The van der Waals surface area contributed by atoms with E-state index in [2.05, 4.69) is 12.2 Å². The molecule has 0 saturated carbocycles. The minimum Gasteiger partial charge on any atom is -0.370 e. The molecule has 6 nitrogen and oxygen atoms in total. The van der Waals surface area contributed by atoms with Crippen LogP contribution in [0.4, 0.5) is 0 Å². The van der Waals surface area contributed by atoms with Gasteiger partial charge in [0.25, 0.3) is 0 Å². The third-order valence-corrected chi connectivity index (χ3v) is 3.09. The average Bonchev–Trinajstić information content (AvgIpc) is 2.36. The van der Waals surface area contributed by atoms with E-state index in [0.717, 1.165) is 19.3 Å². The van der Waals surface area contributed by atoms with Crippen molar-refractivity contribution in [3.05, 3.63) is 0 Å². The second-order valence-electron chi connectivity index (χ2n) is 5.06. The molecule has 0 aliphatic rings. The summed E-state index contributed by atoms with van der Waals surface area (Å²) in [7, 11) is 0. The first-order valence-electron chi connectivity index (χ1n) is 7.34. The fraction of sp³-hybridized carbons (Fsp3) is 0.786. The fourth-order valence-corrected chi connectivity index (χ4v) is 1.93. The lowest BCUT2D eigenvalue weighted by Crippen LogP contribution is -2.46. The average molecular weight is 285 g/mol. The minimum absolute atomic E-state index is 0.252. The topological polar surface area (TPSA) is 115 Å². The van der Waals surface area contributed by atoms with E-state index in [1.807, 2.05) is 0 Å². The first kappa shape index (κ1) is 18.4. The van der Waals surface area contributed by atoms with E-state index in [9.17, 15) is 14.4 Å². The van der Waals surface area contributed by atoms with Crippen LogP contribution in [-0.2, 0) is 14.4 Å². The lowest BCUT2D eigenvalue weighted by atomic mass is 10.1. The Hall–Kier alpha value is -1.59. The summed E-state index contributed by atoms with van der Waals surface area (Å²) < 4.78 is 0. The largest absolute Gasteiger partial charge is 0.370 e. The quantitative estimate of drug-likeness (QED) is 0.464. The van der Waals surface area contributed by atoms with Crippen LogP contribution < -0.4 is 16.8 Å². The first-order chi connectivity index (χ1) is 9.47. The molecular weight excluding hydrogens is 258 g/mol. The number of primary amides is 2. The summed E-state index contributed by atoms with van der Waals surface area (Å²) in [6, 6.07) is -0.996. The van der Waals surface area contributed by atoms with E-state index in [-0.39, 0.29) is 12.3 Å². The monoisotopic (exact) mass is 285 g/mol. The number of carbonyl (C=O) groups excluding carboxylic acids is 3. The molecule has 0 radical (unpaired) electrons. The van der Waals surface area contributed by atoms with Gasteiger partial charge in [-0.3, -0.25) is 14.4 Å². The minimum atomic E-state index is -0.996. The Labute approximate surface area is 120 Å². The van der Waals surface area contributed by atoms with Crippen molar-refractivity contribution in [2.75, 3.05) is 0 Å². The maximum absolute atomic E-state index is 11.6. The Balaban J connectivity index is 3.75. The van der Waals surface area contributed by atoms with Gasteiger partial charge in [-0.2, -0.15) is 0 Å². The lowest BCUT2D eigenvalue weighted by Gasteiger charge is -2.13. The molecule has 0 fully saturated rings. The van der Waals surface area contributed by atoms with Crippen LogP contribution in [0.15, 0.2) is 0 Å². The Morgan fingerprint density at radius 3 is 2.00 bits per heavy atom. The number of unbranched alkanes of at least 4 members (excludes halogenated alkanes) is 6. The maximum atomic E-state index is 11.6. The number of amides is 3. The second kappa shape index (κ2) is 11.3. The molecule has 0 aromatic carbocycles. The molecule has 116 valence electrons. The highest BCUT2D eigenvalue weighted by Crippen LogP contribution is 2.08. The van der Waals surface area contributed by atoms with E-state index in [1.54, 1.807) is 0 Å². The standard InChI is InChI=1S/C14H27N3O3/c1-2-3-4-5-6-7-8-9-13(19)17-11(14(16)20)10-12(15)18/h11H,2-10H2,1H3,(H2,15,18)(H2,16,20)(H,17,19)/t11-/m0/s1. The smallest absolute Gasteiger partial charge is 0.240 e. The molecule has 5 N–H and O–H groups in total. The highest BCUT2D eigenvalue weighted by atomic mass is 16.2. The van der Waals surface area contributed by atoms with Gasteiger partial charge in [-0.15, -0.1) is 0 Å². The Morgan fingerprint density at radius 2 is 1.50 bits per heavy atom. The predicted molar refractivity (Wildman–Crippen MR) is 77.5 cm³/mol. The number of nitrogens with two attached hydrogens (primary N) is 2. The summed E-state index contributed by atoms with van der Waals surface area (Å²) >= 11 is 0. The van der Waals surface area contributed by atoms with Crippen LogP contribution >= 0.6 is 0 Å². The van der Waals surface area contributed by atoms with E-state index in [1.165, 1.54) is 25.7 Å². The molecule has 0 heterocycles. The van der Waals surface area contributed by atoms with Crippen molar-refractivity contribution in [3.63, 3.8) is 0 Å². The summed E-state index contributed by atoms with van der Waals surface area (Å²) in [5.74, 6) is -1.66. The van der Waals surface area contributed by atoms with Gasteiger partial charge in [0.2, 0.25) is 17.7 Å². The third-order valence-electron chi connectivity index (χ3n) is 3.09. The highest BCUT2D eigenvalue weighted by Gasteiger charge is 2.19. The van der Waals surface area contributed by atoms with Crippen molar-refractivity contribution in [1.29, 1.82) is 0 Å². The van der Waals surface area contributed by atoms with Crippen LogP contribution in [0.2, 0.25) is 0 Å². The van der Waals surface area contributed by atoms with Gasteiger partial charge >= 0.3 is 0 Å². The van der Waals surface area contributed by atoms with Crippen molar-refractivity contribution in [2.24, 2.45) is 11.5 Å². The predicted octanol–water partition coefficient (Wildman–Crippen LogP) is 0.973. The van der Waals surface area contributed by atoms with Crippen LogP contribution in [0, 0.1) is 0 Å². The maximum Gasteiger partial charge on any atom is 0.240 e. The molecule has 20 heavy (non-hydrogen) atoms. The molecule has 3 amide bonds. The molecule has 0 saturated heterocycles. The van der Waals surface area contributed by atoms with Gasteiger partial charge in [-0.05, 0) is 6.42 Å². The number of hydrogen-bond donors (Lipinski definition) is 3. The Kier molecular flexibility index (Phi) is 10.4. The molecule has 6 heteroatoms. The molecule has 0 unspecified atom stereocenters. The summed E-state index contributed by atoms with van der Waals surface area (Å²) in [6.07, 6.45) is 7.90.